The molecule has 8 nitrogen and oxygen atoms in total. The van der Waals surface area contributed by atoms with Gasteiger partial charge < -0.3 is 14.9 Å². The van der Waals surface area contributed by atoms with E-state index in [9.17, 15) is 0 Å². The van der Waals surface area contributed by atoms with Crippen LogP contribution in [0.2, 0.25) is 0 Å². The molecule has 0 spiro atoms. The number of nitrogens with zero attached hydrogens (tertiary/aromatic N) is 5. The standard InChI is InChI=1S/C16H14N6O2/c17-14-19-16(24-10-8-11-5-2-1-3-6-11)20-15-18-13(21-22(14)15)12-7-4-9-23-12/h1-7,9H,8,10H2,(H2,17,18,19,20,21). The molecule has 0 amide bonds. The fourth-order valence-electron chi connectivity index (χ4n) is 2.27. The minimum atomic E-state index is 0.153. The van der Waals surface area contributed by atoms with Crippen LogP contribution in [0.4, 0.5) is 5.95 Å². The zero-order valence-corrected chi connectivity index (χ0v) is 12.7. The number of benzene rings is 1. The summed E-state index contributed by atoms with van der Waals surface area (Å²) in [4.78, 5) is 12.6. The summed E-state index contributed by atoms with van der Waals surface area (Å²) >= 11 is 0. The lowest BCUT2D eigenvalue weighted by molar-refractivity contribution is 0.296. The van der Waals surface area contributed by atoms with Crippen LogP contribution < -0.4 is 10.5 Å². The second-order valence-electron chi connectivity index (χ2n) is 5.07. The van der Waals surface area contributed by atoms with E-state index in [2.05, 4.69) is 20.1 Å². The first-order valence-electron chi connectivity index (χ1n) is 7.40. The molecule has 0 bridgehead atoms. The van der Waals surface area contributed by atoms with E-state index in [-0.39, 0.29) is 12.0 Å². The van der Waals surface area contributed by atoms with E-state index in [1.54, 1.807) is 18.4 Å². The van der Waals surface area contributed by atoms with Crippen molar-refractivity contribution in [1.29, 1.82) is 0 Å². The van der Waals surface area contributed by atoms with Crippen molar-refractivity contribution >= 4 is 11.7 Å². The molecule has 3 aromatic heterocycles. The topological polar surface area (TPSA) is 104 Å². The molecular weight excluding hydrogens is 308 g/mol. The van der Waals surface area contributed by atoms with Gasteiger partial charge in [0.15, 0.2) is 5.76 Å². The second kappa shape index (κ2) is 5.99. The lowest BCUT2D eigenvalue weighted by atomic mass is 10.2. The Morgan fingerprint density at radius 2 is 1.92 bits per heavy atom. The summed E-state index contributed by atoms with van der Waals surface area (Å²) in [7, 11) is 0. The van der Waals surface area contributed by atoms with Crippen molar-refractivity contribution in [3.63, 3.8) is 0 Å². The summed E-state index contributed by atoms with van der Waals surface area (Å²) in [5, 5.41) is 4.23. The van der Waals surface area contributed by atoms with Gasteiger partial charge in [0.05, 0.1) is 12.9 Å². The van der Waals surface area contributed by atoms with Crippen molar-refractivity contribution in [2.24, 2.45) is 0 Å². The van der Waals surface area contributed by atoms with Gasteiger partial charge in [-0.1, -0.05) is 30.3 Å². The molecule has 120 valence electrons. The molecule has 0 atom stereocenters. The van der Waals surface area contributed by atoms with Crippen LogP contribution in [0.3, 0.4) is 0 Å². The fraction of sp³-hybridized carbons (Fsp3) is 0.125. The molecule has 0 saturated carbocycles. The molecule has 4 aromatic rings. The molecule has 24 heavy (non-hydrogen) atoms. The van der Waals surface area contributed by atoms with Crippen LogP contribution in [0.1, 0.15) is 5.56 Å². The maximum absolute atomic E-state index is 5.91. The van der Waals surface area contributed by atoms with Gasteiger partial charge in [0.2, 0.25) is 11.8 Å². The largest absolute Gasteiger partial charge is 0.463 e. The number of fused-ring (bicyclic) bond motifs is 1. The van der Waals surface area contributed by atoms with Crippen molar-refractivity contribution in [2.45, 2.75) is 6.42 Å². The number of rotatable bonds is 5. The zero-order chi connectivity index (χ0) is 16.4. The van der Waals surface area contributed by atoms with Gasteiger partial charge in [0.1, 0.15) is 0 Å². The summed E-state index contributed by atoms with van der Waals surface area (Å²) in [5.74, 6) is 1.39. The molecular formula is C16H14N6O2. The summed E-state index contributed by atoms with van der Waals surface area (Å²) in [6.45, 7) is 0.443. The molecule has 0 radical (unpaired) electrons. The molecule has 2 N–H and O–H groups in total. The van der Waals surface area contributed by atoms with Crippen molar-refractivity contribution < 1.29 is 9.15 Å². The summed E-state index contributed by atoms with van der Waals surface area (Å²) in [6, 6.07) is 13.7. The Bertz CT molecular complexity index is 950. The van der Waals surface area contributed by atoms with Crippen LogP contribution in [0.5, 0.6) is 6.01 Å². The van der Waals surface area contributed by atoms with Crippen molar-refractivity contribution in [1.82, 2.24) is 24.6 Å². The normalized spacial score (nSPS) is 11.0. The molecule has 0 aliphatic carbocycles. The predicted molar refractivity (Wildman–Crippen MR) is 86.3 cm³/mol. The van der Waals surface area contributed by atoms with E-state index in [0.29, 0.717) is 24.0 Å². The molecule has 4 rings (SSSR count). The van der Waals surface area contributed by atoms with Crippen molar-refractivity contribution in [3.8, 4) is 17.6 Å². The van der Waals surface area contributed by atoms with Crippen LogP contribution in [0.15, 0.2) is 53.1 Å². The third-order valence-electron chi connectivity index (χ3n) is 3.42. The van der Waals surface area contributed by atoms with Gasteiger partial charge in [-0.15, -0.1) is 5.10 Å². The fourth-order valence-corrected chi connectivity index (χ4v) is 2.27. The van der Waals surface area contributed by atoms with Gasteiger partial charge in [-0.05, 0) is 17.7 Å². The Hall–Kier alpha value is -3.42. The van der Waals surface area contributed by atoms with Crippen LogP contribution in [0.25, 0.3) is 17.4 Å². The Morgan fingerprint density at radius 1 is 1.04 bits per heavy atom. The monoisotopic (exact) mass is 322 g/mol. The van der Waals surface area contributed by atoms with E-state index in [0.717, 1.165) is 6.42 Å². The average Bonchev–Trinajstić information content (AvgIpc) is 3.25. The highest BCUT2D eigenvalue weighted by Gasteiger charge is 2.14. The first-order chi connectivity index (χ1) is 11.8. The molecule has 0 aliphatic heterocycles. The highest BCUT2D eigenvalue weighted by atomic mass is 16.5. The molecule has 1 aromatic carbocycles. The van der Waals surface area contributed by atoms with E-state index in [4.69, 9.17) is 14.9 Å². The van der Waals surface area contributed by atoms with E-state index < -0.39 is 0 Å². The quantitative estimate of drug-likeness (QED) is 0.599. The number of anilines is 1. The van der Waals surface area contributed by atoms with Crippen LogP contribution in [-0.2, 0) is 6.42 Å². The number of aromatic nitrogens is 5. The Labute approximate surface area is 136 Å². The average molecular weight is 322 g/mol. The number of hydrogen-bond acceptors (Lipinski definition) is 7. The maximum Gasteiger partial charge on any atom is 0.323 e. The molecule has 0 aliphatic rings. The molecule has 8 heteroatoms. The summed E-state index contributed by atoms with van der Waals surface area (Å²) in [6.07, 6.45) is 2.30. The third-order valence-corrected chi connectivity index (χ3v) is 3.42. The summed E-state index contributed by atoms with van der Waals surface area (Å²) < 4.78 is 12.2. The van der Waals surface area contributed by atoms with Crippen LogP contribution in [-0.4, -0.2) is 31.2 Å². The number of ether oxygens (including phenoxy) is 1. The summed E-state index contributed by atoms with van der Waals surface area (Å²) in [5.41, 5.74) is 7.08. The Balaban J connectivity index is 1.54. The molecule has 0 fully saturated rings. The number of nitrogens with two attached hydrogens (primary N) is 1. The SMILES string of the molecule is Nc1nc(OCCc2ccccc2)nc2nc(-c3ccco3)nn12. The first-order valence-corrected chi connectivity index (χ1v) is 7.40. The molecule has 3 heterocycles. The Kier molecular flexibility index (Phi) is 3.54. The van der Waals surface area contributed by atoms with Crippen molar-refractivity contribution in [3.05, 3.63) is 54.3 Å². The van der Waals surface area contributed by atoms with E-state index in [1.165, 1.54) is 10.1 Å². The van der Waals surface area contributed by atoms with Gasteiger partial charge >= 0.3 is 6.01 Å². The maximum atomic E-state index is 5.91. The number of furan rings is 1. The zero-order valence-electron chi connectivity index (χ0n) is 12.7. The Morgan fingerprint density at radius 3 is 2.71 bits per heavy atom. The highest BCUT2D eigenvalue weighted by Crippen LogP contribution is 2.18. The smallest absolute Gasteiger partial charge is 0.323 e. The van der Waals surface area contributed by atoms with Crippen molar-refractivity contribution in [2.75, 3.05) is 12.3 Å². The second-order valence-corrected chi connectivity index (χ2v) is 5.07. The van der Waals surface area contributed by atoms with E-state index >= 15 is 0 Å². The number of nitrogen functional groups attached to an aromatic ring is 1. The minimum Gasteiger partial charge on any atom is -0.463 e. The van der Waals surface area contributed by atoms with Gasteiger partial charge in [0, 0.05) is 6.42 Å². The molecule has 0 saturated heterocycles. The minimum absolute atomic E-state index is 0.153. The number of hydrogen-bond donors (Lipinski definition) is 1. The van der Waals surface area contributed by atoms with Crippen LogP contribution in [0, 0.1) is 0 Å². The van der Waals surface area contributed by atoms with Gasteiger partial charge in [0.25, 0.3) is 5.78 Å². The van der Waals surface area contributed by atoms with Gasteiger partial charge in [-0.25, -0.2) is 0 Å². The van der Waals surface area contributed by atoms with E-state index in [1.807, 2.05) is 30.3 Å². The van der Waals surface area contributed by atoms with Gasteiger partial charge in [-0.3, -0.25) is 0 Å². The van der Waals surface area contributed by atoms with Gasteiger partial charge in [-0.2, -0.15) is 19.5 Å². The highest BCUT2D eigenvalue weighted by molar-refractivity contribution is 5.51. The lowest BCUT2D eigenvalue weighted by Gasteiger charge is -2.05. The van der Waals surface area contributed by atoms with Crippen LogP contribution >= 0.6 is 0 Å². The molecule has 0 unspecified atom stereocenters. The lowest BCUT2D eigenvalue weighted by Crippen LogP contribution is -2.09. The third kappa shape index (κ3) is 2.76. The predicted octanol–water partition coefficient (Wildman–Crippen LogP) is 1.98. The first kappa shape index (κ1) is 14.2.